The third-order valence-electron chi connectivity index (χ3n) is 2.67. The summed E-state index contributed by atoms with van der Waals surface area (Å²) in [5.41, 5.74) is 0.998. The quantitative estimate of drug-likeness (QED) is 0.760. The summed E-state index contributed by atoms with van der Waals surface area (Å²) in [6, 6.07) is 10.0. The second-order valence-electron chi connectivity index (χ2n) is 4.15. The van der Waals surface area contributed by atoms with E-state index >= 15 is 0 Å². The Morgan fingerprint density at radius 2 is 1.86 bits per heavy atom. The third kappa shape index (κ3) is 4.13. The summed E-state index contributed by atoms with van der Waals surface area (Å²) in [6.07, 6.45) is 0. The molecule has 0 spiro atoms. The molecule has 0 heterocycles. The van der Waals surface area contributed by atoms with E-state index in [0.717, 1.165) is 0 Å². The minimum absolute atomic E-state index is 0.276. The van der Waals surface area contributed by atoms with Crippen LogP contribution in [0, 0.1) is 0 Å². The lowest BCUT2D eigenvalue weighted by atomic mass is 10.2. The topological polar surface area (TPSA) is 38.3 Å². The van der Waals surface area contributed by atoms with Crippen molar-refractivity contribution in [2.45, 2.75) is 6.92 Å². The van der Waals surface area contributed by atoms with Crippen LogP contribution >= 0.6 is 39.1 Å². The molecule has 0 atom stereocenters. The Labute approximate surface area is 141 Å². The van der Waals surface area contributed by atoms with Crippen molar-refractivity contribution >= 4 is 50.7 Å². The number of carbonyl (C=O) groups is 1. The molecular formula is C15H12BrCl2NO2. The maximum Gasteiger partial charge on any atom is 0.256 e. The molecule has 0 radical (unpaired) electrons. The standard InChI is InChI=1S/C15H12BrCl2NO2/c1-2-21-14-6-4-10(18)8-13(14)19-15(20)11-5-3-9(17)7-12(11)16/h3-8H,2H2,1H3,(H,19,20). The highest BCUT2D eigenvalue weighted by Crippen LogP contribution is 2.29. The number of carbonyl (C=O) groups excluding carboxylic acids is 1. The Balaban J connectivity index is 2.28. The fourth-order valence-corrected chi connectivity index (χ4v) is 2.78. The van der Waals surface area contributed by atoms with Crippen molar-refractivity contribution in [2.24, 2.45) is 0 Å². The number of benzene rings is 2. The van der Waals surface area contributed by atoms with Gasteiger partial charge in [-0.15, -0.1) is 0 Å². The number of hydrogen-bond acceptors (Lipinski definition) is 2. The van der Waals surface area contributed by atoms with Gasteiger partial charge in [0.2, 0.25) is 0 Å². The molecule has 0 saturated heterocycles. The first-order valence-corrected chi connectivity index (χ1v) is 7.75. The number of rotatable bonds is 4. The normalized spacial score (nSPS) is 10.3. The Bertz CT molecular complexity index is 677. The number of hydrogen-bond donors (Lipinski definition) is 1. The van der Waals surface area contributed by atoms with Crippen LogP contribution in [-0.4, -0.2) is 12.5 Å². The van der Waals surface area contributed by atoms with E-state index in [4.69, 9.17) is 27.9 Å². The Morgan fingerprint density at radius 1 is 1.19 bits per heavy atom. The van der Waals surface area contributed by atoms with Crippen LogP contribution in [0.2, 0.25) is 10.0 Å². The number of ether oxygens (including phenoxy) is 1. The molecule has 0 aliphatic carbocycles. The van der Waals surface area contributed by atoms with Crippen LogP contribution in [0.3, 0.4) is 0 Å². The average Bonchev–Trinajstić information content (AvgIpc) is 2.41. The van der Waals surface area contributed by atoms with E-state index in [0.29, 0.717) is 38.1 Å². The van der Waals surface area contributed by atoms with E-state index in [1.165, 1.54) is 0 Å². The van der Waals surface area contributed by atoms with E-state index in [2.05, 4.69) is 21.2 Å². The highest BCUT2D eigenvalue weighted by Gasteiger charge is 2.13. The Morgan fingerprint density at radius 3 is 2.52 bits per heavy atom. The van der Waals surface area contributed by atoms with Gasteiger partial charge in [-0.1, -0.05) is 23.2 Å². The maximum atomic E-state index is 12.3. The van der Waals surface area contributed by atoms with Gasteiger partial charge in [-0.2, -0.15) is 0 Å². The molecule has 6 heteroatoms. The molecule has 0 bridgehead atoms. The molecule has 0 aliphatic rings. The first-order valence-electron chi connectivity index (χ1n) is 6.20. The van der Waals surface area contributed by atoms with Gasteiger partial charge in [-0.05, 0) is 59.3 Å². The molecule has 1 N–H and O–H groups in total. The molecule has 2 rings (SSSR count). The highest BCUT2D eigenvalue weighted by atomic mass is 79.9. The van der Waals surface area contributed by atoms with E-state index in [9.17, 15) is 4.79 Å². The lowest BCUT2D eigenvalue weighted by molar-refractivity contribution is 0.102. The minimum atomic E-state index is -0.276. The lowest BCUT2D eigenvalue weighted by Crippen LogP contribution is -2.13. The van der Waals surface area contributed by atoms with Gasteiger partial charge in [0.1, 0.15) is 5.75 Å². The van der Waals surface area contributed by atoms with E-state index in [-0.39, 0.29) is 5.91 Å². The number of amides is 1. The molecule has 0 aliphatic heterocycles. The summed E-state index contributed by atoms with van der Waals surface area (Å²) >= 11 is 15.2. The molecule has 0 saturated carbocycles. The predicted octanol–water partition coefficient (Wildman–Crippen LogP) is 5.41. The van der Waals surface area contributed by atoms with Crippen LogP contribution < -0.4 is 10.1 Å². The largest absolute Gasteiger partial charge is 0.492 e. The summed E-state index contributed by atoms with van der Waals surface area (Å²) in [4.78, 5) is 12.3. The lowest BCUT2D eigenvalue weighted by Gasteiger charge is -2.12. The molecule has 2 aromatic rings. The van der Waals surface area contributed by atoms with Crippen molar-refractivity contribution in [3.05, 3.63) is 56.5 Å². The molecule has 110 valence electrons. The zero-order valence-electron chi connectivity index (χ0n) is 11.1. The van der Waals surface area contributed by atoms with E-state index < -0.39 is 0 Å². The molecule has 0 fully saturated rings. The van der Waals surface area contributed by atoms with Crippen LogP contribution in [0.4, 0.5) is 5.69 Å². The van der Waals surface area contributed by atoms with Crippen molar-refractivity contribution in [1.29, 1.82) is 0 Å². The van der Waals surface area contributed by atoms with E-state index in [1.807, 2.05) is 6.92 Å². The highest BCUT2D eigenvalue weighted by molar-refractivity contribution is 9.10. The van der Waals surface area contributed by atoms with Crippen molar-refractivity contribution in [1.82, 2.24) is 0 Å². The second-order valence-corrected chi connectivity index (χ2v) is 5.88. The summed E-state index contributed by atoms with van der Waals surface area (Å²) in [5.74, 6) is 0.294. The smallest absolute Gasteiger partial charge is 0.256 e. The van der Waals surface area contributed by atoms with Gasteiger partial charge in [-0.3, -0.25) is 4.79 Å². The number of nitrogens with one attached hydrogen (secondary N) is 1. The molecule has 21 heavy (non-hydrogen) atoms. The van der Waals surface area contributed by atoms with Gasteiger partial charge in [0.25, 0.3) is 5.91 Å². The van der Waals surface area contributed by atoms with Crippen LogP contribution in [0.5, 0.6) is 5.75 Å². The second kappa shape index (κ2) is 7.16. The van der Waals surface area contributed by atoms with Crippen molar-refractivity contribution in [3.8, 4) is 5.75 Å². The molecule has 0 unspecified atom stereocenters. The summed E-state index contributed by atoms with van der Waals surface area (Å²) in [5, 5.41) is 3.86. The van der Waals surface area contributed by atoms with Crippen LogP contribution in [-0.2, 0) is 0 Å². The first kappa shape index (κ1) is 16.1. The monoisotopic (exact) mass is 387 g/mol. The van der Waals surface area contributed by atoms with Gasteiger partial charge in [-0.25, -0.2) is 0 Å². The predicted molar refractivity (Wildman–Crippen MR) is 89.7 cm³/mol. The van der Waals surface area contributed by atoms with Gasteiger partial charge >= 0.3 is 0 Å². The SMILES string of the molecule is CCOc1ccc(Cl)cc1NC(=O)c1ccc(Cl)cc1Br. The zero-order chi connectivity index (χ0) is 15.4. The molecule has 0 aromatic heterocycles. The van der Waals surface area contributed by atoms with Gasteiger partial charge in [0, 0.05) is 14.5 Å². The molecule has 1 amide bonds. The average molecular weight is 389 g/mol. The first-order chi connectivity index (χ1) is 10.0. The van der Waals surface area contributed by atoms with Gasteiger partial charge in [0.05, 0.1) is 17.9 Å². The molecule has 2 aromatic carbocycles. The van der Waals surface area contributed by atoms with Crippen molar-refractivity contribution < 1.29 is 9.53 Å². The molecule has 3 nitrogen and oxygen atoms in total. The van der Waals surface area contributed by atoms with Crippen molar-refractivity contribution in [2.75, 3.05) is 11.9 Å². The van der Waals surface area contributed by atoms with Gasteiger partial charge in [0.15, 0.2) is 0 Å². The minimum Gasteiger partial charge on any atom is -0.492 e. The Hall–Kier alpha value is -1.23. The number of halogens is 3. The summed E-state index contributed by atoms with van der Waals surface area (Å²) in [6.45, 7) is 2.37. The Kier molecular flexibility index (Phi) is 5.51. The molecular weight excluding hydrogens is 377 g/mol. The maximum absolute atomic E-state index is 12.3. The summed E-state index contributed by atoms with van der Waals surface area (Å²) in [7, 11) is 0. The summed E-state index contributed by atoms with van der Waals surface area (Å²) < 4.78 is 6.09. The van der Waals surface area contributed by atoms with Crippen LogP contribution in [0.15, 0.2) is 40.9 Å². The van der Waals surface area contributed by atoms with Crippen LogP contribution in [0.25, 0.3) is 0 Å². The third-order valence-corrected chi connectivity index (χ3v) is 3.79. The fraction of sp³-hybridized carbons (Fsp3) is 0.133. The van der Waals surface area contributed by atoms with Gasteiger partial charge < -0.3 is 10.1 Å². The fourth-order valence-electron chi connectivity index (χ4n) is 1.74. The van der Waals surface area contributed by atoms with E-state index in [1.54, 1.807) is 36.4 Å². The zero-order valence-corrected chi connectivity index (χ0v) is 14.2. The van der Waals surface area contributed by atoms with Crippen LogP contribution in [0.1, 0.15) is 17.3 Å². The van der Waals surface area contributed by atoms with Crippen molar-refractivity contribution in [3.63, 3.8) is 0 Å². The number of anilines is 1.